The minimum atomic E-state index is -0.764. The molecule has 0 fully saturated rings. The lowest BCUT2D eigenvalue weighted by Gasteiger charge is -2.15. The Hall–Kier alpha value is -3.31. The molecule has 0 aliphatic carbocycles. The molecule has 0 saturated carbocycles. The maximum Gasteiger partial charge on any atom is 0.143 e. The number of aromatic nitrogens is 2. The second kappa shape index (κ2) is 9.88. The van der Waals surface area contributed by atoms with E-state index in [4.69, 9.17) is 14.5 Å². The van der Waals surface area contributed by atoms with Gasteiger partial charge < -0.3 is 19.1 Å². The lowest BCUT2D eigenvalue weighted by atomic mass is 10.1. The van der Waals surface area contributed by atoms with Gasteiger partial charge in [0.05, 0.1) is 24.8 Å². The average molecular weight is 431 g/mol. The van der Waals surface area contributed by atoms with Crippen LogP contribution in [0.1, 0.15) is 41.5 Å². The van der Waals surface area contributed by atoms with Crippen LogP contribution in [0.3, 0.4) is 0 Å². The first-order valence-electron chi connectivity index (χ1n) is 11.0. The number of methoxy groups -OCH3 is 1. The summed E-state index contributed by atoms with van der Waals surface area (Å²) in [6.07, 6.45) is 1.06. The third kappa shape index (κ3) is 4.78. The Morgan fingerprint density at radius 2 is 1.59 bits per heavy atom. The second-order valence-corrected chi connectivity index (χ2v) is 8.09. The number of aryl methyl sites for hydroxylation is 3. The number of hydrogen-bond donors (Lipinski definition) is 1. The van der Waals surface area contributed by atoms with Crippen LogP contribution in [-0.4, -0.2) is 28.4 Å². The molecule has 3 aromatic carbocycles. The predicted octanol–water partition coefficient (Wildman–Crippen LogP) is 5.60. The van der Waals surface area contributed by atoms with Crippen molar-refractivity contribution in [3.63, 3.8) is 0 Å². The van der Waals surface area contributed by atoms with Gasteiger partial charge in [0.15, 0.2) is 0 Å². The first-order valence-corrected chi connectivity index (χ1v) is 11.0. The Morgan fingerprint density at radius 1 is 0.906 bits per heavy atom. The van der Waals surface area contributed by atoms with E-state index in [0.29, 0.717) is 12.4 Å². The van der Waals surface area contributed by atoms with Crippen molar-refractivity contribution in [2.75, 3.05) is 13.7 Å². The molecule has 1 N–H and O–H groups in total. The smallest absolute Gasteiger partial charge is 0.143 e. The van der Waals surface area contributed by atoms with Crippen molar-refractivity contribution in [2.24, 2.45) is 0 Å². The molecule has 5 heteroatoms. The number of hydrogen-bond acceptors (Lipinski definition) is 4. The van der Waals surface area contributed by atoms with Gasteiger partial charge in [-0.25, -0.2) is 4.98 Å². The molecule has 0 aliphatic heterocycles. The summed E-state index contributed by atoms with van der Waals surface area (Å²) in [6, 6.07) is 21.6. The second-order valence-electron chi connectivity index (χ2n) is 8.09. The number of unbranched alkanes of at least 4 members (excludes halogenated alkanes) is 1. The van der Waals surface area contributed by atoms with Gasteiger partial charge >= 0.3 is 0 Å². The summed E-state index contributed by atoms with van der Waals surface area (Å²) in [6.45, 7) is 5.61. The fourth-order valence-corrected chi connectivity index (χ4v) is 3.86. The molecule has 0 radical (unpaired) electrons. The number of rotatable bonds is 9. The number of fused-ring (bicyclic) bond motifs is 1. The van der Waals surface area contributed by atoms with E-state index in [1.54, 1.807) is 7.11 Å². The summed E-state index contributed by atoms with van der Waals surface area (Å²) < 4.78 is 13.2. The molecule has 0 spiro atoms. The highest BCUT2D eigenvalue weighted by Gasteiger charge is 2.20. The molecule has 4 aromatic rings. The highest BCUT2D eigenvalue weighted by Crippen LogP contribution is 2.28. The number of imidazole rings is 1. The maximum absolute atomic E-state index is 11.1. The fraction of sp³-hybridized carbons (Fsp3) is 0.296. The molecule has 4 rings (SSSR count). The average Bonchev–Trinajstić information content (AvgIpc) is 3.16. The van der Waals surface area contributed by atoms with Gasteiger partial charge in [-0.2, -0.15) is 0 Å². The Morgan fingerprint density at radius 3 is 2.31 bits per heavy atom. The first kappa shape index (κ1) is 21.9. The summed E-state index contributed by atoms with van der Waals surface area (Å²) in [5.41, 5.74) is 5.26. The van der Waals surface area contributed by atoms with Gasteiger partial charge in [0, 0.05) is 6.54 Å². The van der Waals surface area contributed by atoms with Gasteiger partial charge in [0.2, 0.25) is 0 Å². The van der Waals surface area contributed by atoms with E-state index in [-0.39, 0.29) is 0 Å². The molecular formula is C27H30N2O3. The van der Waals surface area contributed by atoms with Crippen molar-refractivity contribution in [1.29, 1.82) is 0 Å². The largest absolute Gasteiger partial charge is 0.497 e. The molecule has 1 aromatic heterocycles. The molecule has 5 nitrogen and oxygen atoms in total. The van der Waals surface area contributed by atoms with E-state index in [0.717, 1.165) is 47.5 Å². The highest BCUT2D eigenvalue weighted by molar-refractivity contribution is 5.78. The molecule has 166 valence electrons. The fourth-order valence-electron chi connectivity index (χ4n) is 3.86. The van der Waals surface area contributed by atoms with Crippen molar-refractivity contribution < 1.29 is 14.6 Å². The van der Waals surface area contributed by atoms with E-state index in [1.165, 1.54) is 11.1 Å². The predicted molar refractivity (Wildman–Crippen MR) is 127 cm³/mol. The van der Waals surface area contributed by atoms with Crippen LogP contribution >= 0.6 is 0 Å². The lowest BCUT2D eigenvalue weighted by molar-refractivity contribution is 0.204. The van der Waals surface area contributed by atoms with Crippen molar-refractivity contribution >= 4 is 11.0 Å². The molecule has 1 heterocycles. The SMILES string of the molecule is COc1ccc(OCCCCn2c(C(O)c3ccccc3)nc3cc(C)c(C)cc32)cc1. The van der Waals surface area contributed by atoms with E-state index in [9.17, 15) is 5.11 Å². The summed E-state index contributed by atoms with van der Waals surface area (Å²) in [5.74, 6) is 2.34. The van der Waals surface area contributed by atoms with E-state index < -0.39 is 6.10 Å². The number of aliphatic hydroxyl groups is 1. The molecule has 0 saturated heterocycles. The lowest BCUT2D eigenvalue weighted by Crippen LogP contribution is -2.11. The van der Waals surface area contributed by atoms with Crippen molar-refractivity contribution in [3.05, 3.63) is 89.2 Å². The van der Waals surface area contributed by atoms with Crippen LogP contribution in [-0.2, 0) is 6.54 Å². The summed E-state index contributed by atoms with van der Waals surface area (Å²) >= 11 is 0. The Balaban J connectivity index is 1.49. The summed E-state index contributed by atoms with van der Waals surface area (Å²) in [7, 11) is 1.65. The number of nitrogens with zero attached hydrogens (tertiary/aromatic N) is 2. The number of ether oxygens (including phenoxy) is 2. The molecule has 32 heavy (non-hydrogen) atoms. The molecule has 0 aliphatic rings. The summed E-state index contributed by atoms with van der Waals surface area (Å²) in [5, 5.41) is 11.1. The van der Waals surface area contributed by atoms with Gasteiger partial charge in [-0.15, -0.1) is 0 Å². The van der Waals surface area contributed by atoms with Gasteiger partial charge in [-0.1, -0.05) is 30.3 Å². The van der Waals surface area contributed by atoms with E-state index >= 15 is 0 Å². The zero-order chi connectivity index (χ0) is 22.5. The molecule has 1 atom stereocenters. The molecule has 0 bridgehead atoms. The summed E-state index contributed by atoms with van der Waals surface area (Å²) in [4.78, 5) is 4.82. The minimum Gasteiger partial charge on any atom is -0.497 e. The molecular weight excluding hydrogens is 400 g/mol. The Kier molecular flexibility index (Phi) is 6.76. The van der Waals surface area contributed by atoms with Crippen LogP contribution in [0.4, 0.5) is 0 Å². The zero-order valence-electron chi connectivity index (χ0n) is 18.9. The normalized spacial score (nSPS) is 12.1. The van der Waals surface area contributed by atoms with E-state index in [2.05, 4.69) is 30.5 Å². The van der Waals surface area contributed by atoms with Crippen molar-refractivity contribution in [2.45, 2.75) is 39.3 Å². The molecule has 1 unspecified atom stereocenters. The van der Waals surface area contributed by atoms with Crippen LogP contribution in [0.5, 0.6) is 11.5 Å². The highest BCUT2D eigenvalue weighted by atomic mass is 16.5. The zero-order valence-corrected chi connectivity index (χ0v) is 18.9. The number of benzene rings is 3. The van der Waals surface area contributed by atoms with Crippen molar-refractivity contribution in [1.82, 2.24) is 9.55 Å². The minimum absolute atomic E-state index is 0.633. The van der Waals surface area contributed by atoms with E-state index in [1.807, 2.05) is 54.6 Å². The Bertz CT molecular complexity index is 1170. The van der Waals surface area contributed by atoms with Crippen LogP contribution in [0.15, 0.2) is 66.7 Å². The monoisotopic (exact) mass is 430 g/mol. The van der Waals surface area contributed by atoms with Gasteiger partial charge in [-0.3, -0.25) is 0 Å². The van der Waals surface area contributed by atoms with Crippen LogP contribution in [0.2, 0.25) is 0 Å². The maximum atomic E-state index is 11.1. The standard InChI is InChI=1S/C27H30N2O3/c1-19-17-24-25(18-20(19)2)29(27(28-24)26(30)21-9-5-4-6-10-21)15-7-8-16-32-23-13-11-22(31-3)12-14-23/h4-6,9-14,17-18,26,30H,7-8,15-16H2,1-3H3. The first-order chi connectivity index (χ1) is 15.6. The van der Waals surface area contributed by atoms with Crippen LogP contribution in [0, 0.1) is 13.8 Å². The third-order valence-electron chi connectivity index (χ3n) is 5.86. The van der Waals surface area contributed by atoms with Gasteiger partial charge in [0.1, 0.15) is 23.4 Å². The van der Waals surface area contributed by atoms with Gasteiger partial charge in [-0.05, 0) is 79.8 Å². The van der Waals surface area contributed by atoms with Crippen molar-refractivity contribution in [3.8, 4) is 11.5 Å². The topological polar surface area (TPSA) is 56.5 Å². The number of aliphatic hydroxyl groups excluding tert-OH is 1. The molecule has 0 amide bonds. The van der Waals surface area contributed by atoms with Gasteiger partial charge in [0.25, 0.3) is 0 Å². The quantitative estimate of drug-likeness (QED) is 0.351. The van der Waals surface area contributed by atoms with Crippen LogP contribution < -0.4 is 9.47 Å². The third-order valence-corrected chi connectivity index (χ3v) is 5.86. The Labute approximate surface area is 189 Å². The van der Waals surface area contributed by atoms with Crippen LogP contribution in [0.25, 0.3) is 11.0 Å².